The van der Waals surface area contributed by atoms with Crippen molar-refractivity contribution in [1.82, 2.24) is 15.8 Å². The van der Waals surface area contributed by atoms with E-state index < -0.39 is 36.0 Å². The van der Waals surface area contributed by atoms with E-state index >= 15 is 0 Å². The number of hydrazine groups is 1. The number of imide groups is 1. The Bertz CT molecular complexity index is 788. The maximum atomic E-state index is 12.8. The molecule has 1 aromatic rings. The second kappa shape index (κ2) is 8.79. The smallest absolute Gasteiger partial charge is 0.344 e. The molecule has 0 aliphatic carbocycles. The number of esters is 1. The first-order valence-electron chi connectivity index (χ1n) is 8.42. The molecular formula is C19H21N3O5. The van der Waals surface area contributed by atoms with E-state index in [1.165, 1.54) is 6.08 Å². The zero-order chi connectivity index (χ0) is 19.9. The first-order valence-corrected chi connectivity index (χ1v) is 8.42. The van der Waals surface area contributed by atoms with Gasteiger partial charge in [-0.1, -0.05) is 55.5 Å². The monoisotopic (exact) mass is 371 g/mol. The zero-order valence-electron chi connectivity index (χ0n) is 15.1. The summed E-state index contributed by atoms with van der Waals surface area (Å²) in [5, 5.41) is 3.25. The molecule has 4 amide bonds. The third kappa shape index (κ3) is 4.41. The highest BCUT2D eigenvalue weighted by Gasteiger charge is 2.52. The Balaban J connectivity index is 2.03. The quantitative estimate of drug-likeness (QED) is 0.327. The average Bonchev–Trinajstić information content (AvgIpc) is 2.92. The van der Waals surface area contributed by atoms with Gasteiger partial charge in [-0.15, -0.1) is 0 Å². The van der Waals surface area contributed by atoms with Crippen LogP contribution in [0.3, 0.4) is 0 Å². The van der Waals surface area contributed by atoms with E-state index in [9.17, 15) is 19.2 Å². The van der Waals surface area contributed by atoms with Gasteiger partial charge in [0.25, 0.3) is 11.8 Å². The molecular weight excluding hydrogens is 350 g/mol. The molecule has 2 N–H and O–H groups in total. The molecule has 1 aliphatic heterocycles. The molecule has 0 spiro atoms. The van der Waals surface area contributed by atoms with Crippen LogP contribution >= 0.6 is 0 Å². The van der Waals surface area contributed by atoms with Crippen molar-refractivity contribution in [1.29, 1.82) is 0 Å². The number of hydrogen-bond acceptors (Lipinski definition) is 5. The van der Waals surface area contributed by atoms with Gasteiger partial charge in [0.05, 0.1) is 0 Å². The number of ether oxygens (including phenoxy) is 1. The van der Waals surface area contributed by atoms with Gasteiger partial charge in [0.1, 0.15) is 5.54 Å². The second-order valence-electron chi connectivity index (χ2n) is 5.72. The Morgan fingerprint density at radius 2 is 1.93 bits per heavy atom. The molecule has 1 saturated heterocycles. The minimum absolute atomic E-state index is 0.304. The van der Waals surface area contributed by atoms with Crippen molar-refractivity contribution in [3.8, 4) is 0 Å². The third-order valence-corrected chi connectivity index (χ3v) is 4.01. The third-order valence-electron chi connectivity index (χ3n) is 4.01. The summed E-state index contributed by atoms with van der Waals surface area (Å²) in [5.41, 5.74) is 1.54. The zero-order valence-corrected chi connectivity index (χ0v) is 15.1. The van der Waals surface area contributed by atoms with E-state index in [-0.39, 0.29) is 0 Å². The van der Waals surface area contributed by atoms with Gasteiger partial charge in [0, 0.05) is 6.08 Å². The first kappa shape index (κ1) is 19.9. The average molecular weight is 371 g/mol. The second-order valence-corrected chi connectivity index (χ2v) is 5.72. The lowest BCUT2D eigenvalue weighted by molar-refractivity contribution is -0.147. The molecule has 1 fully saturated rings. The van der Waals surface area contributed by atoms with Crippen LogP contribution in [0.5, 0.6) is 0 Å². The Labute approximate surface area is 156 Å². The van der Waals surface area contributed by atoms with Crippen molar-refractivity contribution < 1.29 is 23.9 Å². The van der Waals surface area contributed by atoms with Crippen molar-refractivity contribution in [2.24, 2.45) is 0 Å². The van der Waals surface area contributed by atoms with Gasteiger partial charge >= 0.3 is 12.0 Å². The molecule has 27 heavy (non-hydrogen) atoms. The van der Waals surface area contributed by atoms with Crippen LogP contribution in [0.25, 0.3) is 0 Å². The number of allylic oxidation sites excluding steroid dienone is 3. The van der Waals surface area contributed by atoms with Gasteiger partial charge in [-0.05, 0) is 18.9 Å². The molecule has 0 saturated carbocycles. The van der Waals surface area contributed by atoms with Gasteiger partial charge in [0.2, 0.25) is 0 Å². The fourth-order valence-corrected chi connectivity index (χ4v) is 2.63. The molecule has 142 valence electrons. The van der Waals surface area contributed by atoms with E-state index in [0.717, 1.165) is 6.08 Å². The fourth-order valence-electron chi connectivity index (χ4n) is 2.63. The number of benzene rings is 1. The van der Waals surface area contributed by atoms with Gasteiger partial charge in [-0.3, -0.25) is 15.0 Å². The highest BCUT2D eigenvalue weighted by molar-refractivity contribution is 6.08. The van der Waals surface area contributed by atoms with Crippen LogP contribution in [-0.2, 0) is 24.7 Å². The molecule has 1 atom stereocenters. The van der Waals surface area contributed by atoms with Gasteiger partial charge in [-0.2, -0.15) is 5.01 Å². The normalized spacial score (nSPS) is 19.6. The predicted octanol–water partition coefficient (Wildman–Crippen LogP) is 1.55. The van der Waals surface area contributed by atoms with Crippen molar-refractivity contribution in [3.05, 3.63) is 60.2 Å². The number of nitrogens with one attached hydrogen (secondary N) is 2. The molecule has 0 radical (unpaired) electrons. The van der Waals surface area contributed by atoms with E-state index in [4.69, 9.17) is 4.74 Å². The molecule has 1 aliphatic rings. The summed E-state index contributed by atoms with van der Waals surface area (Å²) in [5.74, 6) is -2.12. The van der Waals surface area contributed by atoms with Crippen LogP contribution in [0, 0.1) is 0 Å². The summed E-state index contributed by atoms with van der Waals surface area (Å²) in [6, 6.07) is 8.02. The minimum atomic E-state index is -1.25. The number of urea groups is 1. The van der Waals surface area contributed by atoms with Crippen LogP contribution in [0.2, 0.25) is 0 Å². The molecule has 1 heterocycles. The summed E-state index contributed by atoms with van der Waals surface area (Å²) >= 11 is 0. The Hall–Kier alpha value is -3.42. The van der Waals surface area contributed by atoms with Crippen molar-refractivity contribution in [2.45, 2.75) is 25.8 Å². The van der Waals surface area contributed by atoms with E-state index in [0.29, 0.717) is 17.0 Å². The summed E-state index contributed by atoms with van der Waals surface area (Å²) < 4.78 is 4.75. The number of hydrogen-bond donors (Lipinski definition) is 2. The summed E-state index contributed by atoms with van der Waals surface area (Å²) in [7, 11) is 0. The first-order chi connectivity index (χ1) is 12.9. The Morgan fingerprint density at radius 3 is 2.56 bits per heavy atom. The van der Waals surface area contributed by atoms with E-state index in [1.807, 2.05) is 0 Å². The summed E-state index contributed by atoms with van der Waals surface area (Å²) in [6.07, 6.45) is 6.27. The van der Waals surface area contributed by atoms with Crippen molar-refractivity contribution in [3.63, 3.8) is 0 Å². The van der Waals surface area contributed by atoms with Crippen molar-refractivity contribution >= 4 is 23.8 Å². The molecule has 1 aromatic carbocycles. The largest absolute Gasteiger partial charge is 0.452 e. The highest BCUT2D eigenvalue weighted by Crippen LogP contribution is 2.31. The van der Waals surface area contributed by atoms with Gasteiger partial charge < -0.3 is 10.1 Å². The van der Waals surface area contributed by atoms with Crippen molar-refractivity contribution in [2.75, 3.05) is 6.61 Å². The SMILES string of the molecule is C/C=C/C=C/C(=O)OCC(=O)NN1C(=O)N[C@@](CC)(c2ccccc2)C1=O. The lowest BCUT2D eigenvalue weighted by atomic mass is 9.87. The van der Waals surface area contributed by atoms with Crippen LogP contribution < -0.4 is 10.7 Å². The fraction of sp³-hybridized carbons (Fsp3) is 0.263. The van der Waals surface area contributed by atoms with Crippen LogP contribution in [0.1, 0.15) is 25.8 Å². The summed E-state index contributed by atoms with van der Waals surface area (Å²) in [4.78, 5) is 48.5. The van der Waals surface area contributed by atoms with E-state index in [2.05, 4.69) is 10.7 Å². The van der Waals surface area contributed by atoms with E-state index in [1.54, 1.807) is 56.3 Å². The van der Waals surface area contributed by atoms with Crippen LogP contribution in [-0.4, -0.2) is 35.4 Å². The Kier molecular flexibility index (Phi) is 6.48. The standard InChI is InChI=1S/C19H21N3O5/c1-3-5-7-12-16(24)27-13-15(23)21-22-17(25)19(4-2,20-18(22)26)14-10-8-6-9-11-14/h3,5-12H,4,13H2,1-2H3,(H,20,26)(H,21,23)/b5-3+,12-7+/t19-/m0/s1. The molecule has 8 heteroatoms. The summed E-state index contributed by atoms with van der Waals surface area (Å²) in [6.45, 7) is 2.92. The number of amides is 4. The Morgan fingerprint density at radius 1 is 1.22 bits per heavy atom. The highest BCUT2D eigenvalue weighted by atomic mass is 16.5. The number of nitrogens with zero attached hydrogens (tertiary/aromatic N) is 1. The topological polar surface area (TPSA) is 105 Å². The lowest BCUT2D eigenvalue weighted by Gasteiger charge is -2.25. The molecule has 0 unspecified atom stereocenters. The molecule has 0 bridgehead atoms. The number of carbonyl (C=O) groups excluding carboxylic acids is 4. The van der Waals surface area contributed by atoms with Gasteiger partial charge in [-0.25, -0.2) is 9.59 Å². The maximum Gasteiger partial charge on any atom is 0.344 e. The molecule has 8 nitrogen and oxygen atoms in total. The number of rotatable bonds is 7. The molecule has 2 rings (SSSR count). The molecule has 0 aromatic heterocycles. The lowest BCUT2D eigenvalue weighted by Crippen LogP contribution is -2.49. The van der Waals surface area contributed by atoms with Crippen LogP contribution in [0.15, 0.2) is 54.6 Å². The predicted molar refractivity (Wildman–Crippen MR) is 96.8 cm³/mol. The maximum absolute atomic E-state index is 12.8. The number of carbonyl (C=O) groups is 4. The van der Waals surface area contributed by atoms with Crippen LogP contribution in [0.4, 0.5) is 4.79 Å². The van der Waals surface area contributed by atoms with Gasteiger partial charge in [0.15, 0.2) is 6.61 Å². The minimum Gasteiger partial charge on any atom is -0.452 e.